The standard InChI is InChI=1S/C17H21N/c1-13-11-18(3)12-17(13,2)16-9-8-14-6-4-5-7-15(14)10-16/h4-10,13H,11-12H2,1-3H3. The van der Waals surface area contributed by atoms with Crippen molar-refractivity contribution < 1.29 is 0 Å². The fourth-order valence-electron chi connectivity index (χ4n) is 3.37. The molecule has 2 aromatic rings. The van der Waals surface area contributed by atoms with Crippen molar-refractivity contribution in [3.63, 3.8) is 0 Å². The zero-order chi connectivity index (χ0) is 12.8. The first kappa shape index (κ1) is 11.7. The molecule has 1 heterocycles. The Kier molecular flexibility index (Phi) is 2.67. The van der Waals surface area contributed by atoms with Gasteiger partial charge >= 0.3 is 0 Å². The van der Waals surface area contributed by atoms with E-state index < -0.39 is 0 Å². The molecule has 1 aliphatic rings. The van der Waals surface area contributed by atoms with Gasteiger partial charge in [0.05, 0.1) is 0 Å². The normalized spacial score (nSPS) is 28.9. The highest BCUT2D eigenvalue weighted by atomic mass is 15.1. The Bertz CT molecular complexity index is 575. The molecular formula is C17H21N. The second-order valence-electron chi connectivity index (χ2n) is 6.08. The van der Waals surface area contributed by atoms with Gasteiger partial charge in [-0.05, 0) is 29.3 Å². The van der Waals surface area contributed by atoms with Crippen molar-refractivity contribution in [3.05, 3.63) is 48.0 Å². The van der Waals surface area contributed by atoms with Crippen LogP contribution in [0.25, 0.3) is 10.8 Å². The molecule has 0 bridgehead atoms. The lowest BCUT2D eigenvalue weighted by Gasteiger charge is -2.29. The van der Waals surface area contributed by atoms with E-state index in [2.05, 4.69) is 68.3 Å². The fraction of sp³-hybridized carbons (Fsp3) is 0.412. The third-order valence-electron chi connectivity index (χ3n) is 4.68. The summed E-state index contributed by atoms with van der Waals surface area (Å²) in [6, 6.07) is 15.6. The van der Waals surface area contributed by atoms with Gasteiger partial charge in [-0.15, -0.1) is 0 Å². The number of hydrogen-bond donors (Lipinski definition) is 0. The van der Waals surface area contributed by atoms with Crippen molar-refractivity contribution in [1.82, 2.24) is 4.90 Å². The van der Waals surface area contributed by atoms with Crippen LogP contribution in [0, 0.1) is 5.92 Å². The van der Waals surface area contributed by atoms with Gasteiger partial charge in [0, 0.05) is 18.5 Å². The van der Waals surface area contributed by atoms with Crippen LogP contribution in [0.5, 0.6) is 0 Å². The molecule has 0 saturated carbocycles. The largest absolute Gasteiger partial charge is 0.305 e. The highest BCUT2D eigenvalue weighted by Crippen LogP contribution is 2.39. The lowest BCUT2D eigenvalue weighted by atomic mass is 9.74. The molecule has 0 aromatic heterocycles. The molecule has 94 valence electrons. The van der Waals surface area contributed by atoms with Crippen LogP contribution in [0.3, 0.4) is 0 Å². The minimum absolute atomic E-state index is 0.290. The summed E-state index contributed by atoms with van der Waals surface area (Å²) >= 11 is 0. The van der Waals surface area contributed by atoms with Crippen molar-refractivity contribution in [3.8, 4) is 0 Å². The Morgan fingerprint density at radius 1 is 1.11 bits per heavy atom. The molecule has 1 heteroatoms. The highest BCUT2D eigenvalue weighted by molar-refractivity contribution is 5.83. The first-order valence-electron chi connectivity index (χ1n) is 6.77. The Balaban J connectivity index is 2.09. The summed E-state index contributed by atoms with van der Waals surface area (Å²) in [6.45, 7) is 7.14. The molecule has 2 atom stereocenters. The van der Waals surface area contributed by atoms with E-state index in [1.165, 1.54) is 22.9 Å². The summed E-state index contributed by atoms with van der Waals surface area (Å²) in [6.07, 6.45) is 0. The maximum atomic E-state index is 2.44. The van der Waals surface area contributed by atoms with Gasteiger partial charge in [-0.1, -0.05) is 56.3 Å². The van der Waals surface area contributed by atoms with E-state index in [0.29, 0.717) is 11.3 Å². The second-order valence-corrected chi connectivity index (χ2v) is 6.08. The van der Waals surface area contributed by atoms with Crippen molar-refractivity contribution in [2.75, 3.05) is 20.1 Å². The fourth-order valence-corrected chi connectivity index (χ4v) is 3.37. The van der Waals surface area contributed by atoms with Crippen molar-refractivity contribution in [2.24, 2.45) is 5.92 Å². The van der Waals surface area contributed by atoms with E-state index >= 15 is 0 Å². The number of likely N-dealkylation sites (tertiary alicyclic amines) is 1. The zero-order valence-electron chi connectivity index (χ0n) is 11.5. The maximum Gasteiger partial charge on any atom is 0.00898 e. The Labute approximate surface area is 109 Å². The molecule has 0 aliphatic carbocycles. The molecular weight excluding hydrogens is 218 g/mol. The van der Waals surface area contributed by atoms with E-state index in [1.807, 2.05) is 0 Å². The molecule has 1 fully saturated rings. The van der Waals surface area contributed by atoms with Crippen molar-refractivity contribution >= 4 is 10.8 Å². The van der Waals surface area contributed by atoms with Gasteiger partial charge in [0.1, 0.15) is 0 Å². The quantitative estimate of drug-likeness (QED) is 0.734. The predicted molar refractivity (Wildman–Crippen MR) is 78.0 cm³/mol. The van der Waals surface area contributed by atoms with Gasteiger partial charge in [0.25, 0.3) is 0 Å². The summed E-state index contributed by atoms with van der Waals surface area (Å²) in [5, 5.41) is 2.70. The zero-order valence-corrected chi connectivity index (χ0v) is 11.5. The van der Waals surface area contributed by atoms with Gasteiger partial charge in [-0.2, -0.15) is 0 Å². The SMILES string of the molecule is CC1CN(C)CC1(C)c1ccc2ccccc2c1. The Morgan fingerprint density at radius 2 is 1.83 bits per heavy atom. The Morgan fingerprint density at radius 3 is 2.50 bits per heavy atom. The van der Waals surface area contributed by atoms with Gasteiger partial charge in [-0.3, -0.25) is 0 Å². The summed E-state index contributed by atoms with van der Waals surface area (Å²) in [4.78, 5) is 2.44. The van der Waals surface area contributed by atoms with Crippen LogP contribution in [0.2, 0.25) is 0 Å². The minimum atomic E-state index is 0.290. The van der Waals surface area contributed by atoms with E-state index in [4.69, 9.17) is 0 Å². The molecule has 3 rings (SSSR count). The van der Waals surface area contributed by atoms with Gasteiger partial charge < -0.3 is 4.90 Å². The van der Waals surface area contributed by atoms with E-state index in [0.717, 1.165) is 6.54 Å². The monoisotopic (exact) mass is 239 g/mol. The number of likely N-dealkylation sites (N-methyl/N-ethyl adjacent to an activating group) is 1. The smallest absolute Gasteiger partial charge is 0.00898 e. The van der Waals surface area contributed by atoms with Gasteiger partial charge in [0.2, 0.25) is 0 Å². The summed E-state index contributed by atoms with van der Waals surface area (Å²) in [7, 11) is 2.22. The highest BCUT2D eigenvalue weighted by Gasteiger charge is 2.40. The molecule has 2 unspecified atom stereocenters. The third-order valence-corrected chi connectivity index (χ3v) is 4.68. The lowest BCUT2D eigenvalue weighted by Crippen LogP contribution is -2.30. The molecule has 1 aliphatic heterocycles. The lowest BCUT2D eigenvalue weighted by molar-refractivity contribution is 0.377. The van der Waals surface area contributed by atoms with Crippen molar-refractivity contribution in [2.45, 2.75) is 19.3 Å². The van der Waals surface area contributed by atoms with Crippen LogP contribution in [0.15, 0.2) is 42.5 Å². The number of fused-ring (bicyclic) bond motifs is 1. The van der Waals surface area contributed by atoms with Gasteiger partial charge in [0.15, 0.2) is 0 Å². The van der Waals surface area contributed by atoms with E-state index in [9.17, 15) is 0 Å². The topological polar surface area (TPSA) is 3.24 Å². The average molecular weight is 239 g/mol. The van der Waals surface area contributed by atoms with Crippen LogP contribution in [0.1, 0.15) is 19.4 Å². The minimum Gasteiger partial charge on any atom is -0.305 e. The van der Waals surface area contributed by atoms with E-state index in [1.54, 1.807) is 0 Å². The molecule has 1 saturated heterocycles. The second kappa shape index (κ2) is 4.10. The molecule has 1 nitrogen and oxygen atoms in total. The van der Waals surface area contributed by atoms with Crippen LogP contribution in [0.4, 0.5) is 0 Å². The summed E-state index contributed by atoms with van der Waals surface area (Å²) in [5.41, 5.74) is 1.77. The average Bonchev–Trinajstić information content (AvgIpc) is 2.63. The van der Waals surface area contributed by atoms with Crippen LogP contribution >= 0.6 is 0 Å². The first-order chi connectivity index (χ1) is 8.59. The van der Waals surface area contributed by atoms with Crippen LogP contribution in [-0.2, 0) is 5.41 Å². The molecule has 0 radical (unpaired) electrons. The molecule has 0 amide bonds. The van der Waals surface area contributed by atoms with Gasteiger partial charge in [-0.25, -0.2) is 0 Å². The predicted octanol–water partition coefficient (Wildman–Crippen LogP) is 3.68. The summed E-state index contributed by atoms with van der Waals surface area (Å²) < 4.78 is 0. The molecule has 0 spiro atoms. The third kappa shape index (κ3) is 1.74. The maximum absolute atomic E-state index is 2.44. The van der Waals surface area contributed by atoms with Crippen molar-refractivity contribution in [1.29, 1.82) is 0 Å². The summed E-state index contributed by atoms with van der Waals surface area (Å²) in [5.74, 6) is 0.712. The van der Waals surface area contributed by atoms with E-state index in [-0.39, 0.29) is 0 Å². The first-order valence-corrected chi connectivity index (χ1v) is 6.77. The number of rotatable bonds is 1. The number of hydrogen-bond acceptors (Lipinski definition) is 1. The Hall–Kier alpha value is -1.34. The molecule has 0 N–H and O–H groups in total. The molecule has 18 heavy (non-hydrogen) atoms. The number of benzene rings is 2. The number of nitrogens with zero attached hydrogens (tertiary/aromatic N) is 1. The molecule has 2 aromatic carbocycles. The van der Waals surface area contributed by atoms with Crippen LogP contribution < -0.4 is 0 Å². The van der Waals surface area contributed by atoms with Crippen LogP contribution in [-0.4, -0.2) is 25.0 Å².